The van der Waals surface area contributed by atoms with Crippen LogP contribution in [0.15, 0.2) is 18.9 Å². The van der Waals surface area contributed by atoms with E-state index < -0.39 is 0 Å². The van der Waals surface area contributed by atoms with Crippen molar-refractivity contribution in [3.63, 3.8) is 0 Å². The van der Waals surface area contributed by atoms with E-state index in [2.05, 4.69) is 16.2 Å². The topological polar surface area (TPSA) is 51.8 Å². The average Bonchev–Trinajstić information content (AvgIpc) is 2.70. The molecule has 0 spiro atoms. The summed E-state index contributed by atoms with van der Waals surface area (Å²) in [6, 6.07) is 0.124. The van der Waals surface area contributed by atoms with Gasteiger partial charge in [-0.15, -0.1) is 11.7 Å². The Bertz CT molecular complexity index is 246. The van der Waals surface area contributed by atoms with Crippen LogP contribution < -0.4 is 5.73 Å². The molecular weight excluding hydrogens is 194 g/mol. The lowest BCUT2D eigenvalue weighted by molar-refractivity contribution is 0.577. The Morgan fingerprint density at radius 2 is 2.36 bits per heavy atom. The number of unbranched alkanes of at least 4 members (excludes halogenated alkanes) is 3. The van der Waals surface area contributed by atoms with Crippen molar-refractivity contribution in [2.75, 3.05) is 0 Å². The van der Waals surface area contributed by atoms with E-state index in [0.717, 1.165) is 17.7 Å². The minimum Gasteiger partial charge on any atom is -0.323 e. The van der Waals surface area contributed by atoms with Crippen LogP contribution in [0.25, 0.3) is 0 Å². The Balaban J connectivity index is 2.10. The first-order valence-corrected chi connectivity index (χ1v) is 5.75. The molecule has 0 aromatic carbocycles. The van der Waals surface area contributed by atoms with Gasteiger partial charge in [0.05, 0.1) is 11.1 Å². The molecule has 1 aromatic rings. The van der Waals surface area contributed by atoms with Crippen molar-refractivity contribution < 1.29 is 0 Å². The molecule has 14 heavy (non-hydrogen) atoms. The minimum atomic E-state index is 0.124. The molecule has 2 N–H and O–H groups in total. The summed E-state index contributed by atoms with van der Waals surface area (Å²) in [7, 11) is 0. The van der Waals surface area contributed by atoms with Gasteiger partial charge >= 0.3 is 0 Å². The predicted molar refractivity (Wildman–Crippen MR) is 60.1 cm³/mol. The maximum atomic E-state index is 5.96. The van der Waals surface area contributed by atoms with Crippen molar-refractivity contribution in [2.24, 2.45) is 5.73 Å². The molecule has 1 atom stereocenters. The maximum Gasteiger partial charge on any atom is 0.0669 e. The van der Waals surface area contributed by atoms with Gasteiger partial charge in [-0.2, -0.15) is 0 Å². The van der Waals surface area contributed by atoms with Crippen LogP contribution in [0.1, 0.15) is 43.0 Å². The zero-order valence-electron chi connectivity index (χ0n) is 8.35. The Kier molecular flexibility index (Phi) is 5.40. The van der Waals surface area contributed by atoms with E-state index in [0.29, 0.717) is 0 Å². The molecule has 0 fully saturated rings. The molecule has 1 unspecified atom stereocenters. The summed E-state index contributed by atoms with van der Waals surface area (Å²) in [4.78, 5) is 1.09. The number of aromatic nitrogens is 2. The Morgan fingerprint density at radius 3 is 3.00 bits per heavy atom. The van der Waals surface area contributed by atoms with Gasteiger partial charge in [0.1, 0.15) is 0 Å². The molecule has 1 aromatic heterocycles. The number of rotatable bonds is 7. The van der Waals surface area contributed by atoms with Crippen LogP contribution in [0.2, 0.25) is 0 Å². The van der Waals surface area contributed by atoms with E-state index in [4.69, 9.17) is 5.73 Å². The highest BCUT2D eigenvalue weighted by atomic mass is 32.1. The molecule has 0 radical (unpaired) electrons. The van der Waals surface area contributed by atoms with Gasteiger partial charge in [0, 0.05) is 6.04 Å². The summed E-state index contributed by atoms with van der Waals surface area (Å²) in [6.45, 7) is 3.69. The van der Waals surface area contributed by atoms with Crippen molar-refractivity contribution >= 4 is 11.5 Å². The Hall–Kier alpha value is -0.740. The van der Waals surface area contributed by atoms with Gasteiger partial charge < -0.3 is 5.73 Å². The largest absolute Gasteiger partial charge is 0.323 e. The molecular formula is C10H17N3S. The summed E-state index contributed by atoms with van der Waals surface area (Å²) < 4.78 is 3.80. The van der Waals surface area contributed by atoms with E-state index in [1.807, 2.05) is 6.08 Å². The van der Waals surface area contributed by atoms with Gasteiger partial charge in [-0.25, -0.2) is 0 Å². The summed E-state index contributed by atoms with van der Waals surface area (Å²) in [6.07, 6.45) is 9.49. The van der Waals surface area contributed by atoms with Crippen molar-refractivity contribution in [1.82, 2.24) is 9.59 Å². The number of hydrogen-bond acceptors (Lipinski definition) is 4. The SMILES string of the molecule is C=CCCCCCC(N)c1cnns1. The Morgan fingerprint density at radius 1 is 1.50 bits per heavy atom. The first-order valence-electron chi connectivity index (χ1n) is 4.98. The zero-order chi connectivity index (χ0) is 10.2. The molecule has 1 rings (SSSR count). The standard InChI is InChI=1S/C10H17N3S/c1-2-3-4-5-6-7-9(11)10-8-12-13-14-10/h2,8-9H,1,3-7,11H2. The smallest absolute Gasteiger partial charge is 0.0669 e. The summed E-state index contributed by atoms with van der Waals surface area (Å²) in [5, 5.41) is 3.78. The third-order valence-electron chi connectivity index (χ3n) is 2.17. The van der Waals surface area contributed by atoms with Crippen LogP contribution in [0.5, 0.6) is 0 Å². The molecule has 0 saturated heterocycles. The molecule has 0 aliphatic heterocycles. The van der Waals surface area contributed by atoms with Crippen LogP contribution in [0.4, 0.5) is 0 Å². The second-order valence-electron chi connectivity index (χ2n) is 3.35. The maximum absolute atomic E-state index is 5.96. The molecule has 3 nitrogen and oxygen atoms in total. The van der Waals surface area contributed by atoms with Gasteiger partial charge in [0.15, 0.2) is 0 Å². The van der Waals surface area contributed by atoms with E-state index in [9.17, 15) is 0 Å². The number of nitrogens with zero attached hydrogens (tertiary/aromatic N) is 2. The molecule has 0 saturated carbocycles. The van der Waals surface area contributed by atoms with E-state index in [1.165, 1.54) is 30.8 Å². The third-order valence-corrected chi connectivity index (χ3v) is 2.96. The lowest BCUT2D eigenvalue weighted by Crippen LogP contribution is -2.08. The first kappa shape index (κ1) is 11.3. The summed E-state index contributed by atoms with van der Waals surface area (Å²) in [5.41, 5.74) is 5.96. The lowest BCUT2D eigenvalue weighted by Gasteiger charge is -2.06. The van der Waals surface area contributed by atoms with Crippen molar-refractivity contribution in [3.05, 3.63) is 23.7 Å². The monoisotopic (exact) mass is 211 g/mol. The fourth-order valence-electron chi connectivity index (χ4n) is 1.31. The van der Waals surface area contributed by atoms with Crippen LogP contribution in [-0.4, -0.2) is 9.59 Å². The van der Waals surface area contributed by atoms with Gasteiger partial charge in [-0.1, -0.05) is 23.4 Å². The second kappa shape index (κ2) is 6.68. The number of hydrogen-bond donors (Lipinski definition) is 1. The van der Waals surface area contributed by atoms with Crippen LogP contribution >= 0.6 is 11.5 Å². The molecule has 78 valence electrons. The van der Waals surface area contributed by atoms with Gasteiger partial charge in [-0.05, 0) is 30.8 Å². The normalized spacial score (nSPS) is 12.6. The fraction of sp³-hybridized carbons (Fsp3) is 0.600. The highest BCUT2D eigenvalue weighted by Gasteiger charge is 2.07. The van der Waals surface area contributed by atoms with Crippen LogP contribution in [0.3, 0.4) is 0 Å². The fourth-order valence-corrected chi connectivity index (χ4v) is 1.85. The van der Waals surface area contributed by atoms with E-state index in [-0.39, 0.29) is 6.04 Å². The Labute approximate surface area is 89.2 Å². The molecule has 0 bridgehead atoms. The quantitative estimate of drug-likeness (QED) is 0.557. The molecule has 1 heterocycles. The predicted octanol–water partition coefficient (Wildman–Crippen LogP) is 2.67. The number of nitrogens with two attached hydrogens (primary N) is 1. The summed E-state index contributed by atoms with van der Waals surface area (Å²) >= 11 is 1.40. The van der Waals surface area contributed by atoms with Crippen molar-refractivity contribution in [1.29, 1.82) is 0 Å². The average molecular weight is 211 g/mol. The second-order valence-corrected chi connectivity index (χ2v) is 4.17. The van der Waals surface area contributed by atoms with Crippen LogP contribution in [0, 0.1) is 0 Å². The molecule has 0 aliphatic carbocycles. The van der Waals surface area contributed by atoms with Gasteiger partial charge in [0.25, 0.3) is 0 Å². The summed E-state index contributed by atoms with van der Waals surface area (Å²) in [5.74, 6) is 0. The highest BCUT2D eigenvalue weighted by Crippen LogP contribution is 2.19. The molecule has 4 heteroatoms. The third kappa shape index (κ3) is 3.98. The van der Waals surface area contributed by atoms with Crippen molar-refractivity contribution in [2.45, 2.75) is 38.1 Å². The minimum absolute atomic E-state index is 0.124. The number of allylic oxidation sites excluding steroid dienone is 1. The van der Waals surface area contributed by atoms with Crippen molar-refractivity contribution in [3.8, 4) is 0 Å². The molecule has 0 amide bonds. The van der Waals surface area contributed by atoms with Gasteiger partial charge in [-0.3, -0.25) is 0 Å². The lowest BCUT2D eigenvalue weighted by atomic mass is 10.1. The first-order chi connectivity index (χ1) is 6.84. The molecule has 0 aliphatic rings. The van der Waals surface area contributed by atoms with Gasteiger partial charge in [0.2, 0.25) is 0 Å². The van der Waals surface area contributed by atoms with Crippen LogP contribution in [-0.2, 0) is 0 Å². The van der Waals surface area contributed by atoms with E-state index >= 15 is 0 Å². The van der Waals surface area contributed by atoms with E-state index in [1.54, 1.807) is 6.20 Å². The highest BCUT2D eigenvalue weighted by molar-refractivity contribution is 7.05. The zero-order valence-corrected chi connectivity index (χ0v) is 9.17.